The van der Waals surface area contributed by atoms with Gasteiger partial charge in [-0.1, -0.05) is 20.8 Å². The van der Waals surface area contributed by atoms with E-state index in [4.69, 9.17) is 0 Å². The van der Waals surface area contributed by atoms with Crippen molar-refractivity contribution in [3.8, 4) is 0 Å². The number of hydrogen-bond donors (Lipinski definition) is 1. The summed E-state index contributed by atoms with van der Waals surface area (Å²) in [5.74, 6) is -0.652. The average molecular weight is 280 g/mol. The van der Waals surface area contributed by atoms with E-state index < -0.39 is 17.2 Å². The van der Waals surface area contributed by atoms with Crippen LogP contribution in [-0.2, 0) is 6.42 Å². The van der Waals surface area contributed by atoms with Gasteiger partial charge in [0.25, 0.3) is 0 Å². The SMILES string of the molecule is CC12CCC(C1)C(C)(C)C2(O)Cc1cc(F)cc(F)c1. The van der Waals surface area contributed by atoms with Crippen molar-refractivity contribution >= 4 is 0 Å². The molecule has 1 N–H and O–H groups in total. The smallest absolute Gasteiger partial charge is 0.126 e. The maximum atomic E-state index is 13.4. The molecule has 2 aliphatic carbocycles. The minimum Gasteiger partial charge on any atom is -0.388 e. The largest absolute Gasteiger partial charge is 0.388 e. The summed E-state index contributed by atoms with van der Waals surface area (Å²) in [6.07, 6.45) is 3.47. The van der Waals surface area contributed by atoms with E-state index in [1.54, 1.807) is 0 Å². The van der Waals surface area contributed by atoms with Gasteiger partial charge in [-0.3, -0.25) is 0 Å². The fourth-order valence-corrected chi connectivity index (χ4v) is 4.80. The van der Waals surface area contributed by atoms with Gasteiger partial charge in [-0.15, -0.1) is 0 Å². The van der Waals surface area contributed by atoms with E-state index >= 15 is 0 Å². The first-order valence-electron chi connectivity index (χ1n) is 7.35. The number of halogens is 2. The molecule has 20 heavy (non-hydrogen) atoms. The molecule has 2 aliphatic rings. The van der Waals surface area contributed by atoms with Crippen LogP contribution in [0.3, 0.4) is 0 Å². The zero-order valence-corrected chi connectivity index (χ0v) is 12.3. The van der Waals surface area contributed by atoms with E-state index in [-0.39, 0.29) is 10.8 Å². The van der Waals surface area contributed by atoms with E-state index in [1.165, 1.54) is 12.1 Å². The van der Waals surface area contributed by atoms with E-state index in [1.807, 2.05) is 0 Å². The van der Waals surface area contributed by atoms with Gasteiger partial charge in [0.05, 0.1) is 5.60 Å². The van der Waals surface area contributed by atoms with Crippen LogP contribution in [0.15, 0.2) is 18.2 Å². The summed E-state index contributed by atoms with van der Waals surface area (Å²) in [7, 11) is 0. The van der Waals surface area contributed by atoms with Gasteiger partial charge in [0, 0.05) is 12.5 Å². The molecule has 1 nitrogen and oxygen atoms in total. The number of aliphatic hydroxyl groups is 1. The summed E-state index contributed by atoms with van der Waals surface area (Å²) in [4.78, 5) is 0. The zero-order valence-electron chi connectivity index (χ0n) is 12.3. The van der Waals surface area contributed by atoms with Gasteiger partial charge in [0.1, 0.15) is 11.6 Å². The third kappa shape index (κ3) is 1.68. The van der Waals surface area contributed by atoms with Crippen LogP contribution in [0.5, 0.6) is 0 Å². The first-order chi connectivity index (χ1) is 9.18. The van der Waals surface area contributed by atoms with Crippen LogP contribution in [0.25, 0.3) is 0 Å². The van der Waals surface area contributed by atoms with E-state index in [0.717, 1.165) is 25.3 Å². The van der Waals surface area contributed by atoms with E-state index in [2.05, 4.69) is 20.8 Å². The lowest BCUT2D eigenvalue weighted by atomic mass is 9.58. The van der Waals surface area contributed by atoms with Crippen LogP contribution in [0.2, 0.25) is 0 Å². The lowest BCUT2D eigenvalue weighted by Crippen LogP contribution is -2.55. The summed E-state index contributed by atoms with van der Waals surface area (Å²) in [5.41, 5.74) is -0.720. The first kappa shape index (κ1) is 14.0. The average Bonchev–Trinajstić information content (AvgIpc) is 2.76. The highest BCUT2D eigenvalue weighted by atomic mass is 19.1. The van der Waals surface area contributed by atoms with E-state index in [9.17, 15) is 13.9 Å². The number of benzene rings is 1. The van der Waals surface area contributed by atoms with Gasteiger partial charge in [0.15, 0.2) is 0 Å². The maximum Gasteiger partial charge on any atom is 0.126 e. The lowest BCUT2D eigenvalue weighted by molar-refractivity contribution is -0.141. The first-order valence-corrected chi connectivity index (χ1v) is 7.35. The van der Waals surface area contributed by atoms with Crippen LogP contribution in [0, 0.1) is 28.4 Å². The second-order valence-corrected chi connectivity index (χ2v) is 7.54. The van der Waals surface area contributed by atoms with Crippen molar-refractivity contribution in [2.24, 2.45) is 16.7 Å². The Kier molecular flexibility index (Phi) is 2.82. The van der Waals surface area contributed by atoms with Crippen molar-refractivity contribution in [3.05, 3.63) is 35.4 Å². The van der Waals surface area contributed by atoms with Gasteiger partial charge in [-0.25, -0.2) is 8.78 Å². The molecule has 1 aromatic carbocycles. The Balaban J connectivity index is 2.00. The summed E-state index contributed by atoms with van der Waals surface area (Å²) in [5, 5.41) is 11.4. The fraction of sp³-hybridized carbons (Fsp3) is 0.647. The molecule has 0 amide bonds. The van der Waals surface area contributed by atoms with Crippen molar-refractivity contribution in [2.75, 3.05) is 0 Å². The molecule has 0 saturated heterocycles. The number of hydrogen-bond acceptors (Lipinski definition) is 1. The highest BCUT2D eigenvalue weighted by Gasteiger charge is 2.67. The summed E-state index contributed by atoms with van der Waals surface area (Å²) in [6.45, 7) is 6.31. The van der Waals surface area contributed by atoms with Crippen molar-refractivity contribution in [3.63, 3.8) is 0 Å². The molecular weight excluding hydrogens is 258 g/mol. The molecule has 0 aliphatic heterocycles. The molecule has 2 saturated carbocycles. The minimum absolute atomic E-state index is 0.149. The van der Waals surface area contributed by atoms with Crippen LogP contribution in [-0.4, -0.2) is 10.7 Å². The van der Waals surface area contributed by atoms with Crippen LogP contribution >= 0.6 is 0 Å². The Morgan fingerprint density at radius 2 is 1.75 bits per heavy atom. The highest BCUT2D eigenvalue weighted by Crippen LogP contribution is 2.68. The summed E-state index contributed by atoms with van der Waals surface area (Å²) in [6, 6.07) is 3.56. The number of rotatable bonds is 2. The predicted molar refractivity (Wildman–Crippen MR) is 74.2 cm³/mol. The van der Waals surface area contributed by atoms with Gasteiger partial charge < -0.3 is 5.11 Å². The molecule has 2 bridgehead atoms. The Morgan fingerprint density at radius 1 is 1.15 bits per heavy atom. The Labute approximate surface area is 119 Å². The molecular formula is C17H22F2O. The van der Waals surface area contributed by atoms with Crippen molar-refractivity contribution < 1.29 is 13.9 Å². The third-order valence-corrected chi connectivity index (χ3v) is 6.21. The van der Waals surface area contributed by atoms with Gasteiger partial charge >= 0.3 is 0 Å². The minimum atomic E-state index is -0.900. The molecule has 3 atom stereocenters. The van der Waals surface area contributed by atoms with Gasteiger partial charge in [-0.2, -0.15) is 0 Å². The Bertz CT molecular complexity index is 527. The normalized spacial score (nSPS) is 38.4. The molecule has 0 heterocycles. The highest BCUT2D eigenvalue weighted by molar-refractivity contribution is 5.26. The second-order valence-electron chi connectivity index (χ2n) is 7.54. The molecule has 0 radical (unpaired) electrons. The van der Waals surface area contributed by atoms with Crippen molar-refractivity contribution in [1.29, 1.82) is 0 Å². The molecule has 3 heteroatoms. The summed E-state index contributed by atoms with van der Waals surface area (Å²) >= 11 is 0. The second kappa shape index (κ2) is 4.03. The maximum absolute atomic E-state index is 13.4. The van der Waals surface area contributed by atoms with Crippen LogP contribution < -0.4 is 0 Å². The Morgan fingerprint density at radius 3 is 2.25 bits per heavy atom. The van der Waals surface area contributed by atoms with Crippen LogP contribution in [0.1, 0.15) is 45.6 Å². The van der Waals surface area contributed by atoms with Gasteiger partial charge in [-0.05, 0) is 53.7 Å². The molecule has 3 unspecified atom stereocenters. The Hall–Kier alpha value is -0.960. The predicted octanol–water partition coefficient (Wildman–Crippen LogP) is 4.08. The molecule has 0 spiro atoms. The number of fused-ring (bicyclic) bond motifs is 2. The molecule has 110 valence electrons. The monoisotopic (exact) mass is 280 g/mol. The van der Waals surface area contributed by atoms with Gasteiger partial charge in [0.2, 0.25) is 0 Å². The molecule has 2 fully saturated rings. The quantitative estimate of drug-likeness (QED) is 0.865. The molecule has 1 aromatic rings. The topological polar surface area (TPSA) is 20.2 Å². The zero-order chi connectivity index (χ0) is 14.8. The molecule has 3 rings (SSSR count). The lowest BCUT2D eigenvalue weighted by Gasteiger charge is -2.51. The van der Waals surface area contributed by atoms with Crippen LogP contribution in [0.4, 0.5) is 8.78 Å². The standard InChI is InChI=1S/C17H22F2O/c1-15(2)12-4-5-16(3,10-12)17(15,20)9-11-6-13(18)8-14(19)7-11/h6-8,12,20H,4-5,9-10H2,1-3H3. The van der Waals surface area contributed by atoms with Crippen molar-refractivity contribution in [2.45, 2.75) is 52.1 Å². The summed E-state index contributed by atoms with van der Waals surface area (Å²) < 4.78 is 26.8. The molecule has 0 aromatic heterocycles. The van der Waals surface area contributed by atoms with Crippen molar-refractivity contribution in [1.82, 2.24) is 0 Å². The third-order valence-electron chi connectivity index (χ3n) is 6.21. The fourth-order valence-electron chi connectivity index (χ4n) is 4.80. The van der Waals surface area contributed by atoms with E-state index in [0.29, 0.717) is 17.9 Å².